The average Bonchev–Trinajstić information content (AvgIpc) is 3.37. The van der Waals surface area contributed by atoms with Crippen molar-refractivity contribution >= 4 is 17.9 Å². The van der Waals surface area contributed by atoms with E-state index in [0.717, 1.165) is 19.5 Å². The summed E-state index contributed by atoms with van der Waals surface area (Å²) in [5.41, 5.74) is 10.2. The Kier molecular flexibility index (Phi) is 7.22. The third-order valence-electron chi connectivity index (χ3n) is 4.58. The second-order valence-corrected chi connectivity index (χ2v) is 6.51. The van der Waals surface area contributed by atoms with E-state index in [-0.39, 0.29) is 17.3 Å². The average molecular weight is 411 g/mol. The van der Waals surface area contributed by atoms with Crippen molar-refractivity contribution in [3.05, 3.63) is 47.3 Å². The number of amides is 1. The highest BCUT2D eigenvalue weighted by Crippen LogP contribution is 2.17. The fourth-order valence-electron chi connectivity index (χ4n) is 2.89. The fourth-order valence-corrected chi connectivity index (χ4v) is 2.89. The van der Waals surface area contributed by atoms with Gasteiger partial charge in [0.05, 0.1) is 0 Å². The van der Waals surface area contributed by atoms with Crippen molar-refractivity contribution in [3.63, 3.8) is 0 Å². The maximum atomic E-state index is 12.9. The lowest BCUT2D eigenvalue weighted by atomic mass is 10.1. The normalized spacial score (nSPS) is 11.4. The molecule has 3 rings (SSSR count). The Bertz CT molecular complexity index is 977. The van der Waals surface area contributed by atoms with Gasteiger partial charge in [0.25, 0.3) is 5.91 Å². The van der Waals surface area contributed by atoms with Gasteiger partial charge in [-0.1, -0.05) is 49.4 Å². The van der Waals surface area contributed by atoms with Gasteiger partial charge in [0.1, 0.15) is 5.69 Å². The predicted molar refractivity (Wildman–Crippen MR) is 111 cm³/mol. The van der Waals surface area contributed by atoms with E-state index in [1.165, 1.54) is 10.2 Å². The fraction of sp³-hybridized carbons (Fsp3) is 0.368. The summed E-state index contributed by atoms with van der Waals surface area (Å²) in [5, 5.41) is 19.5. The number of nitrogens with two attached hydrogens (primary N) is 1. The zero-order valence-corrected chi connectivity index (χ0v) is 17.0. The first kappa shape index (κ1) is 21.1. The third-order valence-corrected chi connectivity index (χ3v) is 4.58. The molecule has 30 heavy (non-hydrogen) atoms. The van der Waals surface area contributed by atoms with E-state index in [1.807, 2.05) is 44.2 Å². The quantitative estimate of drug-likeness (QED) is 0.377. The molecule has 0 spiro atoms. The molecule has 2 aromatic heterocycles. The lowest BCUT2D eigenvalue weighted by molar-refractivity contribution is 0.0945. The number of nitrogens with one attached hydrogen (secondary N) is 1. The van der Waals surface area contributed by atoms with E-state index in [1.54, 1.807) is 6.21 Å². The van der Waals surface area contributed by atoms with Crippen LogP contribution in [0.4, 0.5) is 5.82 Å². The Morgan fingerprint density at radius 3 is 2.70 bits per heavy atom. The number of hydrogen-bond acceptors (Lipinski definition) is 9. The summed E-state index contributed by atoms with van der Waals surface area (Å²) in [4.78, 5) is 15.0. The standard InChI is InChI=1S/C19H25N9O2/c1-3-27(4-2)13-15-16(28(26-22-15)18-17(20)24-30-25-18)19(29)23-21-12-8-11-14-9-6-5-7-10-14/h5-7,9-10,12H,3-4,8,11,13H2,1-2H3,(H2,20,24)(H,23,29)/b21-12+. The molecule has 0 unspecified atom stereocenters. The topological polar surface area (TPSA) is 140 Å². The van der Waals surface area contributed by atoms with Crippen LogP contribution >= 0.6 is 0 Å². The maximum Gasteiger partial charge on any atom is 0.292 e. The van der Waals surface area contributed by atoms with Gasteiger partial charge >= 0.3 is 0 Å². The molecule has 11 nitrogen and oxygen atoms in total. The molecule has 158 valence electrons. The number of aryl methyl sites for hydroxylation is 1. The molecule has 3 N–H and O–H groups in total. The first-order valence-corrected chi connectivity index (χ1v) is 9.75. The predicted octanol–water partition coefficient (Wildman–Crippen LogP) is 1.42. The highest BCUT2D eigenvalue weighted by molar-refractivity contribution is 5.94. The van der Waals surface area contributed by atoms with Crippen molar-refractivity contribution in [2.24, 2.45) is 5.10 Å². The van der Waals surface area contributed by atoms with Crippen molar-refractivity contribution in [2.75, 3.05) is 18.8 Å². The second kappa shape index (κ2) is 10.3. The van der Waals surface area contributed by atoms with Crippen LogP contribution in [0.3, 0.4) is 0 Å². The van der Waals surface area contributed by atoms with Gasteiger partial charge in [0.2, 0.25) is 11.6 Å². The highest BCUT2D eigenvalue weighted by Gasteiger charge is 2.25. The van der Waals surface area contributed by atoms with Crippen LogP contribution in [0.15, 0.2) is 40.1 Å². The molecule has 0 aliphatic heterocycles. The van der Waals surface area contributed by atoms with Crippen LogP contribution in [-0.2, 0) is 13.0 Å². The third kappa shape index (κ3) is 5.06. The summed E-state index contributed by atoms with van der Waals surface area (Å²) >= 11 is 0. The molecule has 0 aliphatic carbocycles. The van der Waals surface area contributed by atoms with Crippen LogP contribution < -0.4 is 11.2 Å². The van der Waals surface area contributed by atoms with E-state index in [0.29, 0.717) is 18.7 Å². The maximum absolute atomic E-state index is 12.9. The van der Waals surface area contributed by atoms with E-state index in [9.17, 15) is 4.79 Å². The van der Waals surface area contributed by atoms with E-state index in [4.69, 9.17) is 5.73 Å². The minimum atomic E-state index is -0.472. The zero-order chi connectivity index (χ0) is 21.3. The largest absolute Gasteiger partial charge is 0.378 e. The Labute approximate surface area is 173 Å². The summed E-state index contributed by atoms with van der Waals surface area (Å²) in [5.74, 6) is -0.360. The van der Waals surface area contributed by atoms with E-state index < -0.39 is 5.91 Å². The molecule has 1 amide bonds. The number of nitrogens with zero attached hydrogens (tertiary/aromatic N) is 7. The number of hydrazone groups is 1. The summed E-state index contributed by atoms with van der Waals surface area (Å²) < 4.78 is 5.86. The highest BCUT2D eigenvalue weighted by atomic mass is 16.6. The molecule has 0 fully saturated rings. The molecule has 0 aliphatic rings. The van der Waals surface area contributed by atoms with Crippen molar-refractivity contribution in [1.29, 1.82) is 0 Å². The molecular formula is C19H25N9O2. The minimum absolute atomic E-state index is 0.00898. The van der Waals surface area contributed by atoms with Crippen molar-refractivity contribution in [2.45, 2.75) is 33.2 Å². The minimum Gasteiger partial charge on any atom is -0.378 e. The number of rotatable bonds is 10. The summed E-state index contributed by atoms with van der Waals surface area (Å²) in [6.45, 7) is 6.11. The smallest absolute Gasteiger partial charge is 0.292 e. The van der Waals surface area contributed by atoms with Gasteiger partial charge in [0.15, 0.2) is 5.69 Å². The van der Waals surface area contributed by atoms with Crippen LogP contribution in [0.2, 0.25) is 0 Å². The van der Waals surface area contributed by atoms with Crippen molar-refractivity contribution < 1.29 is 9.42 Å². The molecule has 0 atom stereocenters. The van der Waals surface area contributed by atoms with Gasteiger partial charge in [-0.15, -0.1) is 5.10 Å². The monoisotopic (exact) mass is 411 g/mol. The first-order chi connectivity index (χ1) is 14.6. The van der Waals surface area contributed by atoms with Gasteiger partial charge in [-0.05, 0) is 41.8 Å². The number of benzene rings is 1. The molecule has 0 saturated carbocycles. The number of hydrogen-bond donors (Lipinski definition) is 2. The SMILES string of the molecule is CCN(CC)Cc1nnn(-c2nonc2N)c1C(=O)N/N=C/CCc1ccccc1. The molecular weight excluding hydrogens is 386 g/mol. The number of carbonyl (C=O) groups excluding carboxylic acids is 1. The summed E-state index contributed by atoms with van der Waals surface area (Å²) in [6.07, 6.45) is 3.18. The van der Waals surface area contributed by atoms with Crippen LogP contribution in [0.5, 0.6) is 0 Å². The number of carbonyl (C=O) groups is 1. The Morgan fingerprint density at radius 1 is 1.27 bits per heavy atom. The molecule has 11 heteroatoms. The van der Waals surface area contributed by atoms with Crippen LogP contribution in [0, 0.1) is 0 Å². The number of anilines is 1. The second-order valence-electron chi connectivity index (χ2n) is 6.51. The van der Waals surface area contributed by atoms with Gasteiger partial charge in [0, 0.05) is 12.8 Å². The Morgan fingerprint density at radius 2 is 2.03 bits per heavy atom. The van der Waals surface area contributed by atoms with Crippen molar-refractivity contribution in [1.82, 2.24) is 35.6 Å². The van der Waals surface area contributed by atoms with Crippen LogP contribution in [-0.4, -0.2) is 55.4 Å². The van der Waals surface area contributed by atoms with E-state index in [2.05, 4.69) is 40.7 Å². The molecule has 2 heterocycles. The molecule has 0 radical (unpaired) electrons. The van der Waals surface area contributed by atoms with Crippen LogP contribution in [0.25, 0.3) is 5.82 Å². The lowest BCUT2D eigenvalue weighted by Crippen LogP contribution is -2.27. The number of nitrogen functional groups attached to an aromatic ring is 1. The Hall–Kier alpha value is -3.60. The summed E-state index contributed by atoms with van der Waals surface area (Å²) in [6, 6.07) is 10.1. The molecule has 3 aromatic rings. The Balaban J connectivity index is 1.74. The van der Waals surface area contributed by atoms with Gasteiger partial charge in [-0.2, -0.15) is 9.78 Å². The van der Waals surface area contributed by atoms with Gasteiger partial charge in [-0.3, -0.25) is 9.69 Å². The zero-order valence-electron chi connectivity index (χ0n) is 17.0. The molecule has 0 saturated heterocycles. The van der Waals surface area contributed by atoms with Gasteiger partial charge in [-0.25, -0.2) is 10.1 Å². The summed E-state index contributed by atoms with van der Waals surface area (Å²) in [7, 11) is 0. The molecule has 1 aromatic carbocycles. The number of aromatic nitrogens is 5. The van der Waals surface area contributed by atoms with Gasteiger partial charge < -0.3 is 5.73 Å². The molecule has 0 bridgehead atoms. The van der Waals surface area contributed by atoms with Crippen LogP contribution in [0.1, 0.15) is 42.0 Å². The first-order valence-electron chi connectivity index (χ1n) is 9.75. The van der Waals surface area contributed by atoms with E-state index >= 15 is 0 Å². The van der Waals surface area contributed by atoms with Crippen molar-refractivity contribution in [3.8, 4) is 5.82 Å². The lowest BCUT2D eigenvalue weighted by Gasteiger charge is -2.16.